The molecule has 6 nitrogen and oxygen atoms in total. The van der Waals surface area contributed by atoms with E-state index in [1.807, 2.05) is 12.1 Å². The van der Waals surface area contributed by atoms with Crippen LogP contribution in [0.4, 0.5) is 4.39 Å². The summed E-state index contributed by atoms with van der Waals surface area (Å²) in [7, 11) is 0. The zero-order chi connectivity index (χ0) is 28.8. The lowest BCUT2D eigenvalue weighted by molar-refractivity contribution is 0.0697. The third-order valence-electron chi connectivity index (χ3n) is 7.18. The SMILES string of the molecule is O=C(N[C@H](c1ccc(Cl)cc1)C1CC1)c1ccc(-c2c(Cl)cccc2-c2nc3cc(F)c(Cl)cc3[nH]2)c(C(=O)O)c1. The van der Waals surface area contributed by atoms with Gasteiger partial charge in [-0.25, -0.2) is 14.2 Å². The third-order valence-corrected chi connectivity index (χ3v) is 8.04. The molecular formula is C31H21Cl3FN3O3. The van der Waals surface area contributed by atoms with Gasteiger partial charge in [-0.15, -0.1) is 0 Å². The number of aromatic carboxylic acids is 1. The van der Waals surface area contributed by atoms with Crippen LogP contribution < -0.4 is 5.32 Å². The molecule has 1 heterocycles. The van der Waals surface area contributed by atoms with Crippen molar-refractivity contribution in [1.29, 1.82) is 0 Å². The number of rotatable bonds is 7. The van der Waals surface area contributed by atoms with Gasteiger partial charge in [0.25, 0.3) is 5.91 Å². The molecule has 0 unspecified atom stereocenters. The average Bonchev–Trinajstić information content (AvgIpc) is 3.72. The number of hydrogen-bond acceptors (Lipinski definition) is 3. The normalized spacial score (nSPS) is 13.8. The highest BCUT2D eigenvalue weighted by Crippen LogP contribution is 2.42. The van der Waals surface area contributed by atoms with E-state index in [1.54, 1.807) is 42.5 Å². The molecule has 0 bridgehead atoms. The van der Waals surface area contributed by atoms with Crippen LogP contribution in [-0.4, -0.2) is 27.0 Å². The molecule has 0 saturated heterocycles. The molecule has 1 amide bonds. The smallest absolute Gasteiger partial charge is 0.336 e. The van der Waals surface area contributed by atoms with Gasteiger partial charge in [-0.2, -0.15) is 0 Å². The zero-order valence-electron chi connectivity index (χ0n) is 21.2. The number of aromatic nitrogens is 2. The number of nitrogens with one attached hydrogen (secondary N) is 2. The molecule has 10 heteroatoms. The Morgan fingerprint density at radius 2 is 1.71 bits per heavy atom. The van der Waals surface area contributed by atoms with Gasteiger partial charge in [0.2, 0.25) is 0 Å². The molecule has 0 radical (unpaired) electrons. The van der Waals surface area contributed by atoms with Crippen LogP contribution in [0.15, 0.2) is 72.8 Å². The van der Waals surface area contributed by atoms with Crippen molar-refractivity contribution < 1.29 is 19.1 Å². The van der Waals surface area contributed by atoms with E-state index in [-0.39, 0.29) is 33.1 Å². The van der Waals surface area contributed by atoms with Crippen molar-refractivity contribution in [2.45, 2.75) is 18.9 Å². The predicted molar refractivity (Wildman–Crippen MR) is 158 cm³/mol. The maximum atomic E-state index is 14.0. The number of benzene rings is 4. The van der Waals surface area contributed by atoms with Gasteiger partial charge in [-0.05, 0) is 66.3 Å². The Kier molecular flexibility index (Phi) is 7.20. The number of amides is 1. The highest BCUT2D eigenvalue weighted by atomic mass is 35.5. The summed E-state index contributed by atoms with van der Waals surface area (Å²) in [5, 5.41) is 14.1. The lowest BCUT2D eigenvalue weighted by Crippen LogP contribution is -2.30. The molecule has 6 rings (SSSR count). The number of H-pyrrole nitrogens is 1. The van der Waals surface area contributed by atoms with Crippen LogP contribution in [0.25, 0.3) is 33.5 Å². The Morgan fingerprint density at radius 3 is 2.41 bits per heavy atom. The standard InChI is InChI=1S/C31H21Cl3FN3O3/c32-18-9-6-16(7-10-18)28(15-4-5-15)38-30(39)17-8-11-19(21(12-17)31(40)41)27-20(2-1-3-22(27)33)29-36-25-13-23(34)24(35)14-26(25)37-29/h1-3,6-15,28H,4-5H2,(H,36,37)(H,38,39)(H,40,41)/t28-/m0/s1. The van der Waals surface area contributed by atoms with E-state index in [0.29, 0.717) is 44.5 Å². The van der Waals surface area contributed by atoms with Gasteiger partial charge in [-0.1, -0.05) is 65.1 Å². The van der Waals surface area contributed by atoms with Gasteiger partial charge >= 0.3 is 5.97 Å². The summed E-state index contributed by atoms with van der Waals surface area (Å²) in [4.78, 5) is 33.4. The summed E-state index contributed by atoms with van der Waals surface area (Å²) >= 11 is 18.6. The van der Waals surface area contributed by atoms with E-state index in [9.17, 15) is 19.1 Å². The number of aromatic amines is 1. The molecular weight excluding hydrogens is 588 g/mol. The summed E-state index contributed by atoms with van der Waals surface area (Å²) in [6.45, 7) is 0. The van der Waals surface area contributed by atoms with Crippen molar-refractivity contribution in [2.24, 2.45) is 5.92 Å². The summed E-state index contributed by atoms with van der Waals surface area (Å²) in [6, 6.07) is 19.3. The second kappa shape index (κ2) is 10.8. The number of fused-ring (bicyclic) bond motifs is 1. The summed E-state index contributed by atoms with van der Waals surface area (Å²) in [5.41, 5.74) is 3.10. The second-order valence-corrected chi connectivity index (χ2v) is 11.2. The van der Waals surface area contributed by atoms with Crippen LogP contribution in [0.3, 0.4) is 0 Å². The number of hydrogen-bond donors (Lipinski definition) is 3. The fraction of sp³-hybridized carbons (Fsp3) is 0.129. The molecule has 1 aliphatic rings. The van der Waals surface area contributed by atoms with Gasteiger partial charge in [0.15, 0.2) is 0 Å². The van der Waals surface area contributed by atoms with Crippen molar-refractivity contribution in [2.75, 3.05) is 0 Å². The highest BCUT2D eigenvalue weighted by Gasteiger charge is 2.34. The molecule has 0 spiro atoms. The maximum Gasteiger partial charge on any atom is 0.336 e. The van der Waals surface area contributed by atoms with Crippen LogP contribution in [0.2, 0.25) is 15.1 Å². The van der Waals surface area contributed by atoms with Crippen LogP contribution >= 0.6 is 34.8 Å². The fourth-order valence-corrected chi connectivity index (χ4v) is 5.57. The number of carbonyl (C=O) groups is 2. The maximum absolute atomic E-state index is 14.0. The molecule has 0 aliphatic heterocycles. The minimum absolute atomic E-state index is 0.0546. The number of imidazole rings is 1. The molecule has 5 aromatic rings. The Bertz CT molecular complexity index is 1800. The van der Waals surface area contributed by atoms with Crippen LogP contribution in [0, 0.1) is 11.7 Å². The van der Waals surface area contributed by atoms with E-state index in [0.717, 1.165) is 18.4 Å². The van der Waals surface area contributed by atoms with Crippen molar-refractivity contribution >= 4 is 57.7 Å². The highest BCUT2D eigenvalue weighted by molar-refractivity contribution is 6.34. The third kappa shape index (κ3) is 5.40. The summed E-state index contributed by atoms with van der Waals surface area (Å²) in [6.07, 6.45) is 1.98. The minimum Gasteiger partial charge on any atom is -0.478 e. The van der Waals surface area contributed by atoms with Crippen molar-refractivity contribution in [3.05, 3.63) is 110 Å². The molecule has 1 saturated carbocycles. The van der Waals surface area contributed by atoms with E-state index in [4.69, 9.17) is 34.8 Å². The van der Waals surface area contributed by atoms with E-state index in [1.165, 1.54) is 18.2 Å². The van der Waals surface area contributed by atoms with E-state index in [2.05, 4.69) is 15.3 Å². The first-order valence-corrected chi connectivity index (χ1v) is 13.9. The average molecular weight is 609 g/mol. The topological polar surface area (TPSA) is 95.1 Å². The first-order valence-electron chi connectivity index (χ1n) is 12.8. The van der Waals surface area contributed by atoms with Crippen molar-refractivity contribution in [3.8, 4) is 22.5 Å². The Labute approximate surface area is 249 Å². The molecule has 3 N–H and O–H groups in total. The number of carboxylic acid groups (broad SMARTS) is 1. The van der Waals surface area contributed by atoms with Gasteiger partial charge in [0.05, 0.1) is 27.7 Å². The molecule has 1 fully saturated rings. The predicted octanol–water partition coefficient (Wildman–Crippen LogP) is 8.58. The number of nitrogens with zero attached hydrogens (tertiary/aromatic N) is 1. The largest absolute Gasteiger partial charge is 0.478 e. The molecule has 1 atom stereocenters. The number of carbonyl (C=O) groups excluding carboxylic acids is 1. The van der Waals surface area contributed by atoms with E-state index < -0.39 is 11.8 Å². The number of carboxylic acids is 1. The first kappa shape index (κ1) is 27.3. The van der Waals surface area contributed by atoms with Gasteiger partial charge in [0.1, 0.15) is 11.6 Å². The molecule has 1 aromatic heterocycles. The van der Waals surface area contributed by atoms with Crippen LogP contribution in [0.1, 0.15) is 45.2 Å². The Morgan fingerprint density at radius 1 is 0.951 bits per heavy atom. The lowest BCUT2D eigenvalue weighted by atomic mass is 9.93. The van der Waals surface area contributed by atoms with Gasteiger partial charge in [0, 0.05) is 32.8 Å². The molecule has 1 aliphatic carbocycles. The minimum atomic E-state index is -1.23. The van der Waals surface area contributed by atoms with Crippen LogP contribution in [-0.2, 0) is 0 Å². The quantitative estimate of drug-likeness (QED) is 0.172. The lowest BCUT2D eigenvalue weighted by Gasteiger charge is -2.20. The molecule has 4 aromatic carbocycles. The zero-order valence-corrected chi connectivity index (χ0v) is 23.5. The second-order valence-electron chi connectivity index (χ2n) is 9.94. The van der Waals surface area contributed by atoms with Gasteiger partial charge < -0.3 is 15.4 Å². The Balaban J connectivity index is 1.39. The first-order chi connectivity index (χ1) is 19.7. The summed E-state index contributed by atoms with van der Waals surface area (Å²) in [5.74, 6) is -1.56. The summed E-state index contributed by atoms with van der Waals surface area (Å²) < 4.78 is 14.0. The molecule has 206 valence electrons. The Hall–Kier alpha value is -3.91. The van der Waals surface area contributed by atoms with Crippen molar-refractivity contribution in [1.82, 2.24) is 15.3 Å². The van der Waals surface area contributed by atoms with Crippen LogP contribution in [0.5, 0.6) is 0 Å². The van der Waals surface area contributed by atoms with Crippen molar-refractivity contribution in [3.63, 3.8) is 0 Å². The van der Waals surface area contributed by atoms with E-state index >= 15 is 0 Å². The number of halogens is 4. The fourth-order valence-electron chi connectivity index (χ4n) is 5.01. The van der Waals surface area contributed by atoms with Gasteiger partial charge in [-0.3, -0.25) is 4.79 Å². The molecule has 41 heavy (non-hydrogen) atoms. The monoisotopic (exact) mass is 607 g/mol.